The molecule has 1 rings (SSSR count). The van der Waals surface area contributed by atoms with E-state index in [0.717, 1.165) is 25.9 Å². The van der Waals surface area contributed by atoms with Crippen LogP contribution < -0.4 is 0 Å². The van der Waals surface area contributed by atoms with E-state index in [0.29, 0.717) is 0 Å². The molecule has 1 heterocycles. The van der Waals surface area contributed by atoms with Gasteiger partial charge in [0.2, 0.25) is 0 Å². The molecule has 8 heavy (non-hydrogen) atoms. The Bertz CT molecular complexity index is 92.6. The van der Waals surface area contributed by atoms with Gasteiger partial charge in [-0.15, -0.1) is 0 Å². The molecule has 0 fully saturated rings. The van der Waals surface area contributed by atoms with E-state index in [2.05, 4.69) is 20.7 Å². The number of hydrogen-bond donors (Lipinski definition) is 0. The van der Waals surface area contributed by atoms with E-state index in [9.17, 15) is 0 Å². The number of hydrogen-bond acceptors (Lipinski definition) is 4. The van der Waals surface area contributed by atoms with Gasteiger partial charge in [0.1, 0.15) is 0 Å². The molecule has 0 aliphatic carbocycles. The Morgan fingerprint density at radius 3 is 1.75 bits per heavy atom. The van der Waals surface area contributed by atoms with Crippen LogP contribution in [-0.4, -0.2) is 13.1 Å². The number of nitrogens with zero attached hydrogens (tertiary/aromatic N) is 4. The lowest BCUT2D eigenvalue weighted by Crippen LogP contribution is -1.85. The van der Waals surface area contributed by atoms with Gasteiger partial charge in [-0.05, 0) is 23.3 Å². The van der Waals surface area contributed by atoms with Gasteiger partial charge in [-0.2, -0.15) is 10.2 Å². The molecule has 0 saturated heterocycles. The predicted octanol–water partition coefficient (Wildman–Crippen LogP) is 1.60. The molecule has 0 aromatic heterocycles. The fourth-order valence-corrected chi connectivity index (χ4v) is 0.511. The van der Waals surface area contributed by atoms with Crippen LogP contribution >= 0.6 is 0 Å². The Balaban J connectivity index is 2.33. The normalized spacial score (nSPS) is 28.0. The van der Waals surface area contributed by atoms with E-state index in [1.165, 1.54) is 0 Å². The van der Waals surface area contributed by atoms with Gasteiger partial charge >= 0.3 is 0 Å². The van der Waals surface area contributed by atoms with Crippen LogP contribution in [0.4, 0.5) is 0 Å². The van der Waals surface area contributed by atoms with Gasteiger partial charge in [0.05, 0.1) is 13.1 Å². The topological polar surface area (TPSA) is 49.4 Å². The van der Waals surface area contributed by atoms with E-state index in [1.807, 2.05) is 0 Å². The molecule has 0 radical (unpaired) electrons. The zero-order valence-corrected chi connectivity index (χ0v) is 4.62. The van der Waals surface area contributed by atoms with E-state index >= 15 is 0 Å². The summed E-state index contributed by atoms with van der Waals surface area (Å²) in [6, 6.07) is 0. The summed E-state index contributed by atoms with van der Waals surface area (Å²) in [6.45, 7) is 1.61. The Hall–Kier alpha value is -0.800. The minimum Gasteiger partial charge on any atom is -0.167 e. The molecule has 44 valence electrons. The van der Waals surface area contributed by atoms with Crippen LogP contribution in [0.25, 0.3) is 0 Å². The average molecular weight is 112 g/mol. The second-order valence-corrected chi connectivity index (χ2v) is 1.62. The van der Waals surface area contributed by atoms with Gasteiger partial charge < -0.3 is 0 Å². The van der Waals surface area contributed by atoms with Crippen molar-refractivity contribution in [2.24, 2.45) is 20.7 Å². The Kier molecular flexibility index (Phi) is 2.16. The SMILES string of the molecule is C1CC/N=N\N=N/C1. The largest absolute Gasteiger partial charge is 0.167 e. The van der Waals surface area contributed by atoms with Crippen molar-refractivity contribution < 1.29 is 0 Å². The zero-order chi connectivity index (χ0) is 5.66. The molecule has 0 aromatic rings. The summed E-state index contributed by atoms with van der Waals surface area (Å²) in [5, 5.41) is 14.2. The van der Waals surface area contributed by atoms with Crippen LogP contribution in [0.3, 0.4) is 0 Å². The van der Waals surface area contributed by atoms with E-state index < -0.39 is 0 Å². The maximum absolute atomic E-state index is 3.70. The summed E-state index contributed by atoms with van der Waals surface area (Å²) in [6.07, 6.45) is 2.17. The van der Waals surface area contributed by atoms with Crippen LogP contribution in [-0.2, 0) is 0 Å². The molecular weight excluding hydrogens is 104 g/mol. The minimum atomic E-state index is 0.805. The summed E-state index contributed by atoms with van der Waals surface area (Å²) >= 11 is 0. The summed E-state index contributed by atoms with van der Waals surface area (Å²) < 4.78 is 0. The summed E-state index contributed by atoms with van der Waals surface area (Å²) in [4.78, 5) is 0. The van der Waals surface area contributed by atoms with E-state index in [4.69, 9.17) is 0 Å². The average Bonchev–Trinajstić information content (AvgIpc) is 1.62. The first-order chi connectivity index (χ1) is 4.00. The highest BCUT2D eigenvalue weighted by Crippen LogP contribution is 1.95. The highest BCUT2D eigenvalue weighted by atomic mass is 15.5. The Morgan fingerprint density at radius 1 is 0.750 bits per heavy atom. The highest BCUT2D eigenvalue weighted by Gasteiger charge is 1.87. The Morgan fingerprint density at radius 2 is 1.25 bits per heavy atom. The van der Waals surface area contributed by atoms with Crippen molar-refractivity contribution in [3.8, 4) is 0 Å². The molecule has 0 spiro atoms. The molecule has 0 saturated carbocycles. The quantitative estimate of drug-likeness (QED) is 0.457. The molecule has 0 aromatic carbocycles. The number of rotatable bonds is 0. The standard InChI is InChI=1S/C4H8N4/c1-2-4-6-8-7-5-3-1/h1-4H2/b7-5-,8-6-. The second-order valence-electron chi connectivity index (χ2n) is 1.62. The Labute approximate surface area is 47.7 Å². The summed E-state index contributed by atoms with van der Waals surface area (Å²) in [5.74, 6) is 0. The molecule has 1 aliphatic rings. The monoisotopic (exact) mass is 112 g/mol. The minimum absolute atomic E-state index is 0.805. The van der Waals surface area contributed by atoms with Crippen molar-refractivity contribution in [1.82, 2.24) is 0 Å². The maximum atomic E-state index is 3.70. The summed E-state index contributed by atoms with van der Waals surface area (Å²) in [5.41, 5.74) is 0. The molecule has 1 aliphatic heterocycles. The van der Waals surface area contributed by atoms with Gasteiger partial charge in [0, 0.05) is 0 Å². The smallest absolute Gasteiger partial charge is 0.0622 e. The fourth-order valence-electron chi connectivity index (χ4n) is 0.511. The molecule has 0 atom stereocenters. The lowest BCUT2D eigenvalue weighted by Gasteiger charge is -1.91. The van der Waals surface area contributed by atoms with Crippen molar-refractivity contribution in [3.63, 3.8) is 0 Å². The molecule has 0 unspecified atom stereocenters. The van der Waals surface area contributed by atoms with Crippen LogP contribution in [0.5, 0.6) is 0 Å². The summed E-state index contributed by atoms with van der Waals surface area (Å²) in [7, 11) is 0. The van der Waals surface area contributed by atoms with Crippen molar-refractivity contribution in [3.05, 3.63) is 0 Å². The molecular formula is C4H8N4. The van der Waals surface area contributed by atoms with Crippen molar-refractivity contribution >= 4 is 0 Å². The van der Waals surface area contributed by atoms with Gasteiger partial charge in [-0.25, -0.2) is 0 Å². The second kappa shape index (κ2) is 3.23. The molecule has 0 N–H and O–H groups in total. The third kappa shape index (κ3) is 1.77. The van der Waals surface area contributed by atoms with Crippen molar-refractivity contribution in [2.75, 3.05) is 13.1 Å². The molecule has 0 amide bonds. The van der Waals surface area contributed by atoms with Crippen molar-refractivity contribution in [1.29, 1.82) is 0 Å². The third-order valence-corrected chi connectivity index (χ3v) is 0.933. The van der Waals surface area contributed by atoms with Crippen LogP contribution in [0, 0.1) is 0 Å². The fraction of sp³-hybridized carbons (Fsp3) is 1.00. The first-order valence-corrected chi connectivity index (χ1v) is 2.73. The molecule has 4 nitrogen and oxygen atoms in total. The van der Waals surface area contributed by atoms with E-state index in [1.54, 1.807) is 0 Å². The molecule has 4 heteroatoms. The highest BCUT2D eigenvalue weighted by molar-refractivity contribution is 4.46. The third-order valence-electron chi connectivity index (χ3n) is 0.933. The first kappa shape index (κ1) is 5.34. The lowest BCUT2D eigenvalue weighted by atomic mass is 10.3. The molecule has 0 bridgehead atoms. The predicted molar refractivity (Wildman–Crippen MR) is 28.7 cm³/mol. The zero-order valence-electron chi connectivity index (χ0n) is 4.62. The van der Waals surface area contributed by atoms with Gasteiger partial charge in [-0.1, -0.05) is 0 Å². The first-order valence-electron chi connectivity index (χ1n) is 2.73. The van der Waals surface area contributed by atoms with Crippen LogP contribution in [0.1, 0.15) is 12.8 Å². The van der Waals surface area contributed by atoms with Gasteiger partial charge in [0.15, 0.2) is 0 Å². The van der Waals surface area contributed by atoms with Gasteiger partial charge in [0.25, 0.3) is 0 Å². The lowest BCUT2D eigenvalue weighted by molar-refractivity contribution is 0.664. The maximum Gasteiger partial charge on any atom is 0.0622 e. The van der Waals surface area contributed by atoms with Crippen LogP contribution in [0.15, 0.2) is 20.7 Å². The van der Waals surface area contributed by atoms with Crippen molar-refractivity contribution in [2.45, 2.75) is 12.8 Å². The van der Waals surface area contributed by atoms with E-state index in [-0.39, 0.29) is 0 Å². The van der Waals surface area contributed by atoms with Crippen LogP contribution in [0.2, 0.25) is 0 Å². The van der Waals surface area contributed by atoms with Gasteiger partial charge in [-0.3, -0.25) is 0 Å².